The first-order valence-corrected chi connectivity index (χ1v) is 6.12. The van der Waals surface area contributed by atoms with Crippen LogP contribution in [0.25, 0.3) is 0 Å². The lowest BCUT2D eigenvalue weighted by Crippen LogP contribution is -2.02. The highest BCUT2D eigenvalue weighted by atomic mass is 79.9. The van der Waals surface area contributed by atoms with Gasteiger partial charge in [0, 0.05) is 5.56 Å². The molecule has 16 heavy (non-hydrogen) atoms. The molecule has 2 N–H and O–H groups in total. The largest absolute Gasteiger partial charge is 0.496 e. The second-order valence-corrected chi connectivity index (χ2v) is 4.54. The third-order valence-corrected chi connectivity index (χ3v) is 3.39. The maximum atomic E-state index is 13.5. The van der Waals surface area contributed by atoms with E-state index in [-0.39, 0.29) is 5.82 Å². The Hall–Kier alpha value is -0.610. The van der Waals surface area contributed by atoms with Gasteiger partial charge in [-0.2, -0.15) is 0 Å². The second-order valence-electron chi connectivity index (χ2n) is 3.75. The summed E-state index contributed by atoms with van der Waals surface area (Å²) in [5.41, 5.74) is 7.17. The smallest absolute Gasteiger partial charge is 0.138 e. The molecule has 0 saturated heterocycles. The number of hydrogen-bond acceptors (Lipinski definition) is 2. The van der Waals surface area contributed by atoms with E-state index >= 15 is 0 Å². The van der Waals surface area contributed by atoms with Gasteiger partial charge < -0.3 is 10.5 Å². The molecule has 4 heteroatoms. The number of aryl methyl sites for hydroxylation is 1. The van der Waals surface area contributed by atoms with Crippen LogP contribution in [0.3, 0.4) is 0 Å². The molecular formula is C12H17BrFNO. The van der Waals surface area contributed by atoms with Gasteiger partial charge in [-0.25, -0.2) is 4.39 Å². The average molecular weight is 290 g/mol. The van der Waals surface area contributed by atoms with E-state index in [1.54, 1.807) is 7.11 Å². The van der Waals surface area contributed by atoms with E-state index < -0.39 is 0 Å². The summed E-state index contributed by atoms with van der Waals surface area (Å²) in [6.07, 6.45) is 2.65. The van der Waals surface area contributed by atoms with Gasteiger partial charge in [0.2, 0.25) is 0 Å². The summed E-state index contributed by atoms with van der Waals surface area (Å²) in [5.74, 6) is 0.534. The van der Waals surface area contributed by atoms with E-state index in [0.717, 1.165) is 36.1 Å². The highest BCUT2D eigenvalue weighted by Gasteiger charge is 2.14. The van der Waals surface area contributed by atoms with Gasteiger partial charge in [0.05, 0.1) is 11.6 Å². The standard InChI is InChI=1S/C12H17BrFNO/c1-8-7-10(14)11(13)9(12(8)16-2)5-3-4-6-15/h7H,3-6,15H2,1-2H3. The van der Waals surface area contributed by atoms with Gasteiger partial charge in [-0.05, 0) is 60.3 Å². The van der Waals surface area contributed by atoms with E-state index in [0.29, 0.717) is 11.0 Å². The van der Waals surface area contributed by atoms with Crippen molar-refractivity contribution >= 4 is 15.9 Å². The Morgan fingerprint density at radius 2 is 2.12 bits per heavy atom. The number of rotatable bonds is 5. The van der Waals surface area contributed by atoms with Gasteiger partial charge in [-0.1, -0.05) is 0 Å². The molecule has 0 aliphatic rings. The Bertz CT molecular complexity index is 369. The van der Waals surface area contributed by atoms with Crippen molar-refractivity contribution in [1.29, 1.82) is 0 Å². The maximum absolute atomic E-state index is 13.5. The highest BCUT2D eigenvalue weighted by Crippen LogP contribution is 2.33. The molecule has 1 aromatic rings. The number of methoxy groups -OCH3 is 1. The van der Waals surface area contributed by atoms with Crippen molar-refractivity contribution in [3.63, 3.8) is 0 Å². The van der Waals surface area contributed by atoms with Crippen LogP contribution in [0.5, 0.6) is 5.75 Å². The number of benzene rings is 1. The topological polar surface area (TPSA) is 35.2 Å². The molecule has 2 nitrogen and oxygen atoms in total. The van der Waals surface area contributed by atoms with Crippen molar-refractivity contribution in [2.45, 2.75) is 26.2 Å². The van der Waals surface area contributed by atoms with Crippen LogP contribution < -0.4 is 10.5 Å². The normalized spacial score (nSPS) is 10.6. The Morgan fingerprint density at radius 3 is 2.69 bits per heavy atom. The minimum Gasteiger partial charge on any atom is -0.496 e. The van der Waals surface area contributed by atoms with E-state index in [4.69, 9.17) is 10.5 Å². The summed E-state index contributed by atoms with van der Waals surface area (Å²) >= 11 is 3.27. The highest BCUT2D eigenvalue weighted by molar-refractivity contribution is 9.10. The lowest BCUT2D eigenvalue weighted by atomic mass is 10.0. The molecule has 0 aliphatic heterocycles. The second kappa shape index (κ2) is 6.21. The van der Waals surface area contributed by atoms with Crippen LogP contribution in [0.4, 0.5) is 4.39 Å². The van der Waals surface area contributed by atoms with Crippen LogP contribution in [0.15, 0.2) is 10.5 Å². The van der Waals surface area contributed by atoms with Crippen LogP contribution in [-0.4, -0.2) is 13.7 Å². The summed E-state index contributed by atoms with van der Waals surface area (Å²) < 4.78 is 19.4. The molecule has 1 rings (SSSR count). The molecular weight excluding hydrogens is 273 g/mol. The van der Waals surface area contributed by atoms with Gasteiger partial charge in [-0.3, -0.25) is 0 Å². The molecule has 0 saturated carbocycles. The summed E-state index contributed by atoms with van der Waals surface area (Å²) in [7, 11) is 1.61. The molecule has 0 radical (unpaired) electrons. The Balaban J connectivity index is 3.02. The fourth-order valence-corrected chi connectivity index (χ4v) is 2.25. The monoisotopic (exact) mass is 289 g/mol. The molecule has 0 heterocycles. The van der Waals surface area contributed by atoms with Crippen LogP contribution in [0, 0.1) is 12.7 Å². The zero-order valence-corrected chi connectivity index (χ0v) is 11.2. The van der Waals surface area contributed by atoms with Crippen molar-refractivity contribution in [3.05, 3.63) is 27.5 Å². The molecule has 1 aromatic carbocycles. The van der Waals surface area contributed by atoms with Crippen molar-refractivity contribution in [2.24, 2.45) is 5.73 Å². The van der Waals surface area contributed by atoms with E-state index in [1.807, 2.05) is 6.92 Å². The molecule has 0 atom stereocenters. The van der Waals surface area contributed by atoms with Gasteiger partial charge in [0.15, 0.2) is 0 Å². The SMILES string of the molecule is COc1c(C)cc(F)c(Br)c1CCCCN. The number of hydrogen-bond donors (Lipinski definition) is 1. The zero-order valence-electron chi connectivity index (χ0n) is 9.65. The minimum absolute atomic E-state index is 0.235. The Kier molecular flexibility index (Phi) is 5.22. The molecule has 0 bridgehead atoms. The predicted octanol–water partition coefficient (Wildman–Crippen LogP) is 3.19. The number of nitrogens with two attached hydrogens (primary N) is 1. The molecule has 0 spiro atoms. The average Bonchev–Trinajstić information content (AvgIpc) is 2.25. The molecule has 0 aromatic heterocycles. The summed E-state index contributed by atoms with van der Waals surface area (Å²) in [5, 5.41) is 0. The van der Waals surface area contributed by atoms with Crippen molar-refractivity contribution < 1.29 is 9.13 Å². The first kappa shape index (κ1) is 13.5. The van der Waals surface area contributed by atoms with Gasteiger partial charge >= 0.3 is 0 Å². The van der Waals surface area contributed by atoms with Gasteiger partial charge in [-0.15, -0.1) is 0 Å². The number of ether oxygens (including phenoxy) is 1. The Labute approximate surface area is 104 Å². The Morgan fingerprint density at radius 1 is 1.44 bits per heavy atom. The number of halogens is 2. The van der Waals surface area contributed by atoms with Crippen LogP contribution in [0.1, 0.15) is 24.0 Å². The van der Waals surface area contributed by atoms with E-state index in [1.165, 1.54) is 6.07 Å². The molecule has 0 unspecified atom stereocenters. The number of unbranched alkanes of at least 4 members (excludes halogenated alkanes) is 1. The zero-order chi connectivity index (χ0) is 12.1. The lowest BCUT2D eigenvalue weighted by Gasteiger charge is -2.14. The molecule has 0 amide bonds. The third kappa shape index (κ3) is 2.95. The van der Waals surface area contributed by atoms with Crippen LogP contribution >= 0.6 is 15.9 Å². The summed E-state index contributed by atoms with van der Waals surface area (Å²) in [6, 6.07) is 1.48. The maximum Gasteiger partial charge on any atom is 0.138 e. The summed E-state index contributed by atoms with van der Waals surface area (Å²) in [4.78, 5) is 0. The molecule has 90 valence electrons. The summed E-state index contributed by atoms with van der Waals surface area (Å²) in [6.45, 7) is 2.51. The van der Waals surface area contributed by atoms with Gasteiger partial charge in [0.25, 0.3) is 0 Å². The first-order chi connectivity index (χ1) is 7.61. The fourth-order valence-electron chi connectivity index (χ4n) is 1.75. The third-order valence-electron chi connectivity index (χ3n) is 2.54. The lowest BCUT2D eigenvalue weighted by molar-refractivity contribution is 0.403. The quantitative estimate of drug-likeness (QED) is 0.845. The van der Waals surface area contributed by atoms with Crippen molar-refractivity contribution in [1.82, 2.24) is 0 Å². The molecule has 0 fully saturated rings. The van der Waals surface area contributed by atoms with Crippen LogP contribution in [-0.2, 0) is 6.42 Å². The van der Waals surface area contributed by atoms with Crippen LogP contribution in [0.2, 0.25) is 0 Å². The van der Waals surface area contributed by atoms with E-state index in [2.05, 4.69) is 15.9 Å². The first-order valence-electron chi connectivity index (χ1n) is 5.33. The van der Waals surface area contributed by atoms with Crippen molar-refractivity contribution in [2.75, 3.05) is 13.7 Å². The van der Waals surface area contributed by atoms with Gasteiger partial charge in [0.1, 0.15) is 11.6 Å². The predicted molar refractivity (Wildman–Crippen MR) is 67.4 cm³/mol. The fraction of sp³-hybridized carbons (Fsp3) is 0.500. The minimum atomic E-state index is -0.235. The molecule has 0 aliphatic carbocycles. The van der Waals surface area contributed by atoms with E-state index in [9.17, 15) is 4.39 Å². The van der Waals surface area contributed by atoms with Crippen molar-refractivity contribution in [3.8, 4) is 5.75 Å².